The molecule has 0 saturated carbocycles. The van der Waals surface area contributed by atoms with Crippen molar-refractivity contribution in [1.29, 1.82) is 0 Å². The van der Waals surface area contributed by atoms with Crippen molar-refractivity contribution >= 4 is 91.1 Å². The minimum absolute atomic E-state index is 0.199. The van der Waals surface area contributed by atoms with Gasteiger partial charge in [0, 0.05) is 5.02 Å². The van der Waals surface area contributed by atoms with Crippen LogP contribution in [0, 0.1) is 0 Å². The van der Waals surface area contributed by atoms with Gasteiger partial charge in [-0.05, 0) is 57.9 Å². The van der Waals surface area contributed by atoms with E-state index in [1.807, 2.05) is 0 Å². The third-order valence-corrected chi connectivity index (χ3v) is 6.23. The molecule has 0 spiro atoms. The summed E-state index contributed by atoms with van der Waals surface area (Å²) in [4.78, 5) is 25.9. The number of benzene rings is 2. The Morgan fingerprint density at radius 3 is 2.69 bits per heavy atom. The molecule has 3 rings (SSSR count). The summed E-state index contributed by atoms with van der Waals surface area (Å²) in [5, 5.41) is 0.809. The Kier molecular flexibility index (Phi) is 7.23. The number of amides is 1. The van der Waals surface area contributed by atoms with Crippen LogP contribution >= 0.6 is 63.1 Å². The number of methoxy groups -OCH3 is 1. The number of carbonyl (C=O) groups excluding carboxylic acids is 2. The van der Waals surface area contributed by atoms with E-state index >= 15 is 0 Å². The van der Waals surface area contributed by atoms with Crippen LogP contribution in [0.3, 0.4) is 0 Å². The summed E-state index contributed by atoms with van der Waals surface area (Å²) in [6.07, 6.45) is 1.72. The van der Waals surface area contributed by atoms with Crippen LogP contribution in [0.25, 0.3) is 6.08 Å². The molecule has 0 unspecified atom stereocenters. The lowest BCUT2D eigenvalue weighted by atomic mass is 10.2. The lowest BCUT2D eigenvalue weighted by Crippen LogP contribution is -2.27. The number of anilines is 1. The van der Waals surface area contributed by atoms with Gasteiger partial charge in [-0.3, -0.25) is 9.69 Å². The van der Waals surface area contributed by atoms with Crippen LogP contribution in [-0.4, -0.2) is 29.9 Å². The third-order valence-electron chi connectivity index (χ3n) is 3.77. The second kappa shape index (κ2) is 9.49. The fourth-order valence-corrected chi connectivity index (χ4v) is 4.70. The number of hydrogen-bond donors (Lipinski definition) is 0. The van der Waals surface area contributed by atoms with Gasteiger partial charge < -0.3 is 9.47 Å². The fraction of sp³-hybridized carbons (Fsp3) is 0.105. The molecule has 1 aliphatic heterocycles. The first-order valence-corrected chi connectivity index (χ1v) is 10.8. The lowest BCUT2D eigenvalue weighted by Gasteiger charge is -2.16. The summed E-state index contributed by atoms with van der Waals surface area (Å²) in [5.41, 5.74) is 1.24. The summed E-state index contributed by atoms with van der Waals surface area (Å²) < 4.78 is 10.9. The van der Waals surface area contributed by atoms with Crippen LogP contribution < -0.4 is 9.64 Å². The molecular formula is C19H12BrCl2NO4S2. The maximum Gasteiger partial charge on any atom is 0.343 e. The number of esters is 1. The summed E-state index contributed by atoms with van der Waals surface area (Å²) in [5.74, 6) is -0.273. The molecule has 10 heteroatoms. The largest absolute Gasteiger partial charge is 0.481 e. The third kappa shape index (κ3) is 5.13. The van der Waals surface area contributed by atoms with Crippen molar-refractivity contribution in [3.8, 4) is 5.75 Å². The van der Waals surface area contributed by atoms with Gasteiger partial charge in [-0.2, -0.15) is 0 Å². The normalized spacial score (nSPS) is 15.2. The summed E-state index contributed by atoms with van der Waals surface area (Å²) in [6.45, 7) is -0.199. The first kappa shape index (κ1) is 22.1. The Morgan fingerprint density at radius 1 is 1.28 bits per heavy atom. The molecule has 1 aliphatic rings. The van der Waals surface area contributed by atoms with Crippen LogP contribution in [0.4, 0.5) is 5.69 Å². The van der Waals surface area contributed by atoms with E-state index in [4.69, 9.17) is 40.2 Å². The van der Waals surface area contributed by atoms with E-state index < -0.39 is 5.97 Å². The van der Waals surface area contributed by atoms with E-state index in [-0.39, 0.29) is 12.5 Å². The Hall–Kier alpha value is -1.58. The SMILES string of the molecule is COC(=O)COc1ccc(/C=C2\SC(=S)N(c3ccc(Cl)cc3Cl)C2=O)cc1Br. The summed E-state index contributed by atoms with van der Waals surface area (Å²) >= 11 is 22.1. The topological polar surface area (TPSA) is 55.8 Å². The van der Waals surface area contributed by atoms with Gasteiger partial charge in [0.15, 0.2) is 10.9 Å². The van der Waals surface area contributed by atoms with Crippen molar-refractivity contribution in [2.45, 2.75) is 0 Å². The molecule has 0 aromatic heterocycles. The van der Waals surface area contributed by atoms with Crippen LogP contribution in [0.15, 0.2) is 45.8 Å². The molecule has 29 heavy (non-hydrogen) atoms. The molecule has 1 heterocycles. The lowest BCUT2D eigenvalue weighted by molar-refractivity contribution is -0.142. The molecule has 5 nitrogen and oxygen atoms in total. The Bertz CT molecular complexity index is 1040. The number of thioether (sulfide) groups is 1. The highest BCUT2D eigenvalue weighted by Gasteiger charge is 2.34. The van der Waals surface area contributed by atoms with E-state index in [2.05, 4.69) is 20.7 Å². The van der Waals surface area contributed by atoms with Crippen molar-refractivity contribution in [2.75, 3.05) is 18.6 Å². The van der Waals surface area contributed by atoms with Gasteiger partial charge in [0.2, 0.25) is 0 Å². The highest BCUT2D eigenvalue weighted by Crippen LogP contribution is 2.40. The Balaban J connectivity index is 1.82. The standard InChI is InChI=1S/C19H12BrCl2NO4S2/c1-26-17(24)9-27-15-5-2-10(6-12(15)20)7-16-18(25)23(19(28)29-16)14-4-3-11(21)8-13(14)22/h2-8H,9H2,1H3/b16-7-. The molecule has 0 aliphatic carbocycles. The van der Waals surface area contributed by atoms with E-state index in [0.29, 0.717) is 35.2 Å². The van der Waals surface area contributed by atoms with Gasteiger partial charge in [-0.25, -0.2) is 4.79 Å². The number of hydrogen-bond acceptors (Lipinski definition) is 6. The molecule has 0 radical (unpaired) electrons. The number of nitrogens with zero attached hydrogens (tertiary/aromatic N) is 1. The van der Waals surface area contributed by atoms with Gasteiger partial charge >= 0.3 is 5.97 Å². The number of rotatable bonds is 5. The Morgan fingerprint density at radius 2 is 2.03 bits per heavy atom. The van der Waals surface area contributed by atoms with Crippen LogP contribution in [0.5, 0.6) is 5.75 Å². The van der Waals surface area contributed by atoms with E-state index in [1.165, 1.54) is 23.8 Å². The summed E-state index contributed by atoms with van der Waals surface area (Å²) in [7, 11) is 1.29. The number of thiocarbonyl (C=S) groups is 1. The average Bonchev–Trinajstić information content (AvgIpc) is 2.94. The highest BCUT2D eigenvalue weighted by molar-refractivity contribution is 9.10. The van der Waals surface area contributed by atoms with Gasteiger partial charge in [0.1, 0.15) is 5.75 Å². The van der Waals surface area contributed by atoms with Crippen molar-refractivity contribution in [1.82, 2.24) is 0 Å². The van der Waals surface area contributed by atoms with Crippen LogP contribution in [0.1, 0.15) is 5.56 Å². The molecule has 0 atom stereocenters. The van der Waals surface area contributed by atoms with E-state index in [9.17, 15) is 9.59 Å². The van der Waals surface area contributed by atoms with Crippen molar-refractivity contribution in [3.63, 3.8) is 0 Å². The molecule has 2 aromatic carbocycles. The number of ether oxygens (including phenoxy) is 2. The first-order valence-electron chi connectivity index (χ1n) is 8.02. The monoisotopic (exact) mass is 531 g/mol. The summed E-state index contributed by atoms with van der Waals surface area (Å²) in [6, 6.07) is 10.1. The Labute approximate surface area is 195 Å². The molecule has 0 bridgehead atoms. The van der Waals surface area contributed by atoms with Gasteiger partial charge in [-0.15, -0.1) is 0 Å². The van der Waals surface area contributed by atoms with Crippen molar-refractivity contribution in [2.24, 2.45) is 0 Å². The second-order valence-electron chi connectivity index (χ2n) is 5.67. The predicted octanol–water partition coefficient (Wildman–Crippen LogP) is 5.71. The average molecular weight is 533 g/mol. The maximum absolute atomic E-state index is 12.9. The fourth-order valence-electron chi connectivity index (χ4n) is 2.41. The number of carbonyl (C=O) groups is 2. The van der Waals surface area contributed by atoms with E-state index in [0.717, 1.165) is 5.56 Å². The highest BCUT2D eigenvalue weighted by atomic mass is 79.9. The molecule has 1 saturated heterocycles. The number of halogens is 3. The minimum Gasteiger partial charge on any atom is -0.481 e. The molecule has 2 aromatic rings. The molecule has 150 valence electrons. The zero-order chi connectivity index (χ0) is 21.1. The predicted molar refractivity (Wildman–Crippen MR) is 124 cm³/mol. The maximum atomic E-state index is 12.9. The van der Waals surface area contributed by atoms with Crippen molar-refractivity contribution in [3.05, 3.63) is 61.4 Å². The van der Waals surface area contributed by atoms with Gasteiger partial charge in [0.25, 0.3) is 5.91 Å². The zero-order valence-corrected chi connectivity index (χ0v) is 19.5. The van der Waals surface area contributed by atoms with Gasteiger partial charge in [-0.1, -0.05) is 53.2 Å². The minimum atomic E-state index is -0.481. The van der Waals surface area contributed by atoms with E-state index in [1.54, 1.807) is 42.5 Å². The molecule has 1 amide bonds. The first-order chi connectivity index (χ1) is 13.8. The van der Waals surface area contributed by atoms with Gasteiger partial charge in [0.05, 0.1) is 27.2 Å². The molecule has 1 fully saturated rings. The van der Waals surface area contributed by atoms with Crippen LogP contribution in [-0.2, 0) is 14.3 Å². The zero-order valence-electron chi connectivity index (χ0n) is 14.8. The van der Waals surface area contributed by atoms with Crippen molar-refractivity contribution < 1.29 is 19.1 Å². The molecule has 0 N–H and O–H groups in total. The molecular weight excluding hydrogens is 521 g/mol. The van der Waals surface area contributed by atoms with Crippen LogP contribution in [0.2, 0.25) is 10.0 Å². The smallest absolute Gasteiger partial charge is 0.343 e. The quantitative estimate of drug-likeness (QED) is 0.279. The second-order valence-corrected chi connectivity index (χ2v) is 9.04.